The first-order chi connectivity index (χ1) is 11.1. The Kier molecular flexibility index (Phi) is 4.23. The van der Waals surface area contributed by atoms with E-state index in [4.69, 9.17) is 4.74 Å². The fourth-order valence-electron chi connectivity index (χ4n) is 2.52. The Morgan fingerprint density at radius 2 is 1.78 bits per heavy atom. The van der Waals surface area contributed by atoms with Crippen molar-refractivity contribution in [3.05, 3.63) is 64.2 Å². The van der Waals surface area contributed by atoms with Crippen molar-refractivity contribution in [2.45, 2.75) is 19.4 Å². The number of amides is 1. The van der Waals surface area contributed by atoms with E-state index < -0.39 is 4.92 Å². The molecule has 0 N–H and O–H groups in total. The lowest BCUT2D eigenvalue weighted by Gasteiger charge is -2.16. The molecule has 6 nitrogen and oxygen atoms in total. The minimum atomic E-state index is -0.428. The molecule has 0 spiro atoms. The van der Waals surface area contributed by atoms with Gasteiger partial charge in [-0.25, -0.2) is 0 Å². The Balaban J connectivity index is 1.60. The molecular weight excluding hydrogens is 296 g/mol. The molecule has 0 atom stereocenters. The van der Waals surface area contributed by atoms with Crippen LogP contribution in [0.2, 0.25) is 0 Å². The molecule has 2 aromatic rings. The average molecular weight is 312 g/mol. The standard InChI is InChI=1S/C17H16N2O4/c20-17-2-1-11-18(17)14-7-9-16(10-8-14)23-12-13-3-5-15(6-4-13)19(21)22/h3-10H,1-2,11-12H2. The summed E-state index contributed by atoms with van der Waals surface area (Å²) < 4.78 is 5.66. The number of hydrogen-bond donors (Lipinski definition) is 0. The molecule has 1 aliphatic rings. The first-order valence-corrected chi connectivity index (χ1v) is 7.40. The highest BCUT2D eigenvalue weighted by Crippen LogP contribution is 2.24. The highest BCUT2D eigenvalue weighted by molar-refractivity contribution is 5.95. The molecule has 1 fully saturated rings. The van der Waals surface area contributed by atoms with Gasteiger partial charge in [0, 0.05) is 30.8 Å². The summed E-state index contributed by atoms with van der Waals surface area (Å²) in [4.78, 5) is 23.6. The predicted molar refractivity (Wildman–Crippen MR) is 85.5 cm³/mol. The van der Waals surface area contributed by atoms with Crippen molar-refractivity contribution in [1.82, 2.24) is 0 Å². The van der Waals surface area contributed by atoms with Gasteiger partial charge >= 0.3 is 0 Å². The van der Waals surface area contributed by atoms with E-state index in [-0.39, 0.29) is 11.6 Å². The maximum Gasteiger partial charge on any atom is 0.269 e. The van der Waals surface area contributed by atoms with Crippen LogP contribution in [0.15, 0.2) is 48.5 Å². The molecule has 1 saturated heterocycles. The van der Waals surface area contributed by atoms with Crippen LogP contribution in [0.1, 0.15) is 18.4 Å². The van der Waals surface area contributed by atoms with Gasteiger partial charge in [-0.05, 0) is 48.4 Å². The summed E-state index contributed by atoms with van der Waals surface area (Å²) >= 11 is 0. The van der Waals surface area contributed by atoms with Gasteiger partial charge in [0.1, 0.15) is 12.4 Å². The number of rotatable bonds is 5. The molecule has 0 aliphatic carbocycles. The number of ether oxygens (including phenoxy) is 1. The fraction of sp³-hybridized carbons (Fsp3) is 0.235. The van der Waals surface area contributed by atoms with E-state index in [0.717, 1.165) is 24.2 Å². The Bertz CT molecular complexity index is 710. The van der Waals surface area contributed by atoms with E-state index >= 15 is 0 Å². The van der Waals surface area contributed by atoms with E-state index in [9.17, 15) is 14.9 Å². The van der Waals surface area contributed by atoms with E-state index in [1.807, 2.05) is 24.3 Å². The minimum absolute atomic E-state index is 0.0633. The normalized spacial score (nSPS) is 14.1. The molecule has 3 rings (SSSR count). The number of carbonyl (C=O) groups excluding carboxylic acids is 1. The van der Waals surface area contributed by atoms with Crippen LogP contribution in [-0.4, -0.2) is 17.4 Å². The first-order valence-electron chi connectivity index (χ1n) is 7.40. The van der Waals surface area contributed by atoms with Crippen LogP contribution in [0.25, 0.3) is 0 Å². The quantitative estimate of drug-likeness (QED) is 0.627. The number of hydrogen-bond acceptors (Lipinski definition) is 4. The molecule has 2 aromatic carbocycles. The summed E-state index contributed by atoms with van der Waals surface area (Å²) in [5.41, 5.74) is 1.80. The smallest absolute Gasteiger partial charge is 0.269 e. The van der Waals surface area contributed by atoms with E-state index in [1.54, 1.807) is 17.0 Å². The van der Waals surface area contributed by atoms with Crippen molar-refractivity contribution in [1.29, 1.82) is 0 Å². The third-order valence-electron chi connectivity index (χ3n) is 3.77. The van der Waals surface area contributed by atoms with E-state index in [1.165, 1.54) is 12.1 Å². The predicted octanol–water partition coefficient (Wildman–Crippen LogP) is 3.30. The van der Waals surface area contributed by atoms with Gasteiger partial charge in [-0.2, -0.15) is 0 Å². The summed E-state index contributed by atoms with van der Waals surface area (Å²) in [5, 5.41) is 10.6. The fourth-order valence-corrected chi connectivity index (χ4v) is 2.52. The molecule has 1 amide bonds. The molecule has 1 aliphatic heterocycles. The van der Waals surface area contributed by atoms with Crippen LogP contribution < -0.4 is 9.64 Å². The summed E-state index contributed by atoms with van der Waals surface area (Å²) in [6.45, 7) is 1.10. The van der Waals surface area contributed by atoms with Gasteiger partial charge in [0.05, 0.1) is 4.92 Å². The number of non-ortho nitro benzene ring substituents is 1. The molecule has 6 heteroatoms. The molecule has 0 saturated carbocycles. The largest absolute Gasteiger partial charge is 0.489 e. The highest BCUT2D eigenvalue weighted by atomic mass is 16.6. The molecule has 0 aromatic heterocycles. The lowest BCUT2D eigenvalue weighted by Crippen LogP contribution is -2.23. The second-order valence-electron chi connectivity index (χ2n) is 5.36. The zero-order chi connectivity index (χ0) is 16.2. The van der Waals surface area contributed by atoms with Gasteiger partial charge in [0.15, 0.2) is 0 Å². The Morgan fingerprint density at radius 1 is 1.09 bits per heavy atom. The number of nitro groups is 1. The number of nitrogens with zero attached hydrogens (tertiary/aromatic N) is 2. The number of anilines is 1. The second-order valence-corrected chi connectivity index (χ2v) is 5.36. The number of nitro benzene ring substituents is 1. The molecule has 0 radical (unpaired) electrons. The average Bonchev–Trinajstić information content (AvgIpc) is 3.00. The van der Waals surface area contributed by atoms with Crippen molar-refractivity contribution in [2.75, 3.05) is 11.4 Å². The topological polar surface area (TPSA) is 72.7 Å². The Hall–Kier alpha value is -2.89. The Morgan fingerprint density at radius 3 is 2.35 bits per heavy atom. The van der Waals surface area contributed by atoms with E-state index in [0.29, 0.717) is 18.8 Å². The van der Waals surface area contributed by atoms with Gasteiger partial charge in [0.25, 0.3) is 5.69 Å². The van der Waals surface area contributed by atoms with Crippen LogP contribution in [0.5, 0.6) is 5.75 Å². The second kappa shape index (κ2) is 6.48. The van der Waals surface area contributed by atoms with Gasteiger partial charge in [-0.15, -0.1) is 0 Å². The maximum atomic E-state index is 11.7. The van der Waals surface area contributed by atoms with Crippen LogP contribution in [0.4, 0.5) is 11.4 Å². The molecule has 1 heterocycles. The SMILES string of the molecule is O=C1CCCN1c1ccc(OCc2ccc([N+](=O)[O-])cc2)cc1. The third kappa shape index (κ3) is 3.48. The van der Waals surface area contributed by atoms with Crippen LogP contribution >= 0.6 is 0 Å². The van der Waals surface area contributed by atoms with E-state index in [2.05, 4.69) is 0 Å². The molecule has 0 bridgehead atoms. The van der Waals surface area contributed by atoms with Gasteiger partial charge in [-0.3, -0.25) is 14.9 Å². The summed E-state index contributed by atoms with van der Waals surface area (Å²) in [6, 6.07) is 13.7. The monoisotopic (exact) mass is 312 g/mol. The summed E-state index contributed by atoms with van der Waals surface area (Å²) in [5.74, 6) is 0.850. The zero-order valence-corrected chi connectivity index (χ0v) is 12.5. The molecular formula is C17H16N2O4. The van der Waals surface area contributed by atoms with Crippen LogP contribution in [0.3, 0.4) is 0 Å². The molecule has 118 valence electrons. The zero-order valence-electron chi connectivity index (χ0n) is 12.5. The van der Waals surface area contributed by atoms with Crippen LogP contribution in [0, 0.1) is 10.1 Å². The van der Waals surface area contributed by atoms with Crippen molar-refractivity contribution < 1.29 is 14.5 Å². The molecule has 0 unspecified atom stereocenters. The van der Waals surface area contributed by atoms with Crippen molar-refractivity contribution in [2.24, 2.45) is 0 Å². The van der Waals surface area contributed by atoms with Gasteiger partial charge in [0.2, 0.25) is 5.91 Å². The number of carbonyl (C=O) groups is 1. The van der Waals surface area contributed by atoms with Crippen molar-refractivity contribution in [3.8, 4) is 5.75 Å². The van der Waals surface area contributed by atoms with Crippen LogP contribution in [-0.2, 0) is 11.4 Å². The number of benzene rings is 2. The minimum Gasteiger partial charge on any atom is -0.489 e. The maximum absolute atomic E-state index is 11.7. The first kappa shape index (κ1) is 15.0. The van der Waals surface area contributed by atoms with Crippen molar-refractivity contribution >= 4 is 17.3 Å². The highest BCUT2D eigenvalue weighted by Gasteiger charge is 2.21. The van der Waals surface area contributed by atoms with Gasteiger partial charge < -0.3 is 9.64 Å². The lowest BCUT2D eigenvalue weighted by atomic mass is 10.2. The lowest BCUT2D eigenvalue weighted by molar-refractivity contribution is -0.384. The summed E-state index contributed by atoms with van der Waals surface area (Å²) in [7, 11) is 0. The Labute approximate surface area is 133 Å². The molecule has 23 heavy (non-hydrogen) atoms. The third-order valence-corrected chi connectivity index (χ3v) is 3.77. The van der Waals surface area contributed by atoms with Gasteiger partial charge in [-0.1, -0.05) is 0 Å². The van der Waals surface area contributed by atoms with Crippen molar-refractivity contribution in [3.63, 3.8) is 0 Å². The summed E-state index contributed by atoms with van der Waals surface area (Å²) in [6.07, 6.45) is 1.51.